The number of nitrogens with zero attached hydrogens (tertiary/aromatic N) is 2. The molecule has 134 valence electrons. The number of aliphatic hydroxyl groups is 1. The minimum absolute atomic E-state index is 0.325. The number of hydrogen-bond acceptors (Lipinski definition) is 4. The van der Waals surface area contributed by atoms with E-state index in [0.717, 1.165) is 27.5 Å². The fourth-order valence-electron chi connectivity index (χ4n) is 3.29. The van der Waals surface area contributed by atoms with Gasteiger partial charge in [-0.2, -0.15) is 0 Å². The summed E-state index contributed by atoms with van der Waals surface area (Å²) in [5.74, 6) is 5.86. The van der Waals surface area contributed by atoms with E-state index in [0.29, 0.717) is 18.8 Å². The van der Waals surface area contributed by atoms with Gasteiger partial charge in [-0.1, -0.05) is 36.1 Å². The highest BCUT2D eigenvalue weighted by Crippen LogP contribution is 2.27. The molecule has 1 aromatic heterocycles. The monoisotopic (exact) mass is 357 g/mol. The van der Waals surface area contributed by atoms with Gasteiger partial charge in [0.05, 0.1) is 0 Å². The van der Waals surface area contributed by atoms with Crippen LogP contribution in [0.3, 0.4) is 0 Å². The molecule has 3 N–H and O–H groups in total. The van der Waals surface area contributed by atoms with Gasteiger partial charge in [0.25, 0.3) is 5.91 Å². The molecule has 2 heterocycles. The van der Waals surface area contributed by atoms with Crippen molar-refractivity contribution < 1.29 is 9.90 Å². The van der Waals surface area contributed by atoms with Crippen molar-refractivity contribution in [2.75, 3.05) is 19.3 Å². The molecular formula is C22H19N3O2. The standard InChI is InChI=1S/C22H19N3O2/c1-25-12-10-22(27,21(25)26)9-7-15-3-2-4-17(13-15)18-6-5-16-8-11-24-20(23)19(16)14-18/h2-6,8,11,13-14,27H,10,12H2,1H3,(H2,23,24). The van der Waals surface area contributed by atoms with Crippen LogP contribution in [0.5, 0.6) is 0 Å². The third-order valence-corrected chi connectivity index (χ3v) is 4.92. The van der Waals surface area contributed by atoms with E-state index in [9.17, 15) is 9.90 Å². The van der Waals surface area contributed by atoms with E-state index < -0.39 is 5.60 Å². The van der Waals surface area contributed by atoms with Gasteiger partial charge in [-0.15, -0.1) is 0 Å². The van der Waals surface area contributed by atoms with Crippen molar-refractivity contribution in [3.8, 4) is 23.0 Å². The van der Waals surface area contributed by atoms with Crippen LogP contribution in [0.15, 0.2) is 54.7 Å². The molecule has 1 aliphatic rings. The minimum Gasteiger partial charge on any atom is -0.383 e. The minimum atomic E-state index is -1.59. The SMILES string of the molecule is CN1CCC(O)(C#Cc2cccc(-c3ccc4ccnc(N)c4c3)c2)C1=O. The van der Waals surface area contributed by atoms with Crippen molar-refractivity contribution in [1.29, 1.82) is 0 Å². The lowest BCUT2D eigenvalue weighted by Crippen LogP contribution is -2.37. The van der Waals surface area contributed by atoms with Gasteiger partial charge < -0.3 is 15.7 Å². The van der Waals surface area contributed by atoms with Gasteiger partial charge in [-0.25, -0.2) is 4.98 Å². The predicted molar refractivity (Wildman–Crippen MR) is 106 cm³/mol. The number of likely N-dealkylation sites (N-methyl/N-ethyl adjacent to an activating group) is 1. The number of nitrogen functional groups attached to an aromatic ring is 1. The fraction of sp³-hybridized carbons (Fsp3) is 0.182. The van der Waals surface area contributed by atoms with Gasteiger partial charge in [0.1, 0.15) is 5.82 Å². The quantitative estimate of drug-likeness (QED) is 0.656. The number of hydrogen-bond donors (Lipinski definition) is 2. The predicted octanol–water partition coefficient (Wildman–Crippen LogP) is 2.43. The first-order chi connectivity index (χ1) is 13.0. The van der Waals surface area contributed by atoms with E-state index in [1.807, 2.05) is 48.5 Å². The summed E-state index contributed by atoms with van der Waals surface area (Å²) in [4.78, 5) is 17.7. The largest absolute Gasteiger partial charge is 0.383 e. The Bertz CT molecular complexity index is 1110. The van der Waals surface area contributed by atoms with Crippen LogP contribution in [-0.4, -0.2) is 40.1 Å². The molecule has 2 aromatic carbocycles. The summed E-state index contributed by atoms with van der Waals surface area (Å²) in [5.41, 5.74) is 7.12. The Kier molecular flexibility index (Phi) is 4.06. The Hall–Kier alpha value is -3.36. The second-order valence-corrected chi connectivity index (χ2v) is 6.80. The second-order valence-electron chi connectivity index (χ2n) is 6.80. The molecule has 0 radical (unpaired) electrons. The lowest BCUT2D eigenvalue weighted by atomic mass is 9.99. The molecule has 5 heteroatoms. The number of rotatable bonds is 1. The van der Waals surface area contributed by atoms with Crippen LogP contribution >= 0.6 is 0 Å². The number of amides is 1. The highest BCUT2D eigenvalue weighted by Gasteiger charge is 2.42. The van der Waals surface area contributed by atoms with Gasteiger partial charge in [-0.3, -0.25) is 4.79 Å². The molecule has 27 heavy (non-hydrogen) atoms. The van der Waals surface area contributed by atoms with Crippen LogP contribution in [-0.2, 0) is 4.79 Å². The molecule has 0 spiro atoms. The Morgan fingerprint density at radius 1 is 1.19 bits per heavy atom. The van der Waals surface area contributed by atoms with Crippen molar-refractivity contribution in [2.24, 2.45) is 0 Å². The summed E-state index contributed by atoms with van der Waals surface area (Å²) < 4.78 is 0. The molecular weight excluding hydrogens is 338 g/mol. The average Bonchev–Trinajstić information content (AvgIpc) is 2.95. The zero-order valence-corrected chi connectivity index (χ0v) is 14.9. The first kappa shape index (κ1) is 17.1. The molecule has 1 aliphatic heterocycles. The summed E-state index contributed by atoms with van der Waals surface area (Å²) >= 11 is 0. The van der Waals surface area contributed by atoms with Crippen LogP contribution in [0.2, 0.25) is 0 Å². The van der Waals surface area contributed by atoms with Crippen molar-refractivity contribution in [1.82, 2.24) is 9.88 Å². The zero-order chi connectivity index (χ0) is 19.0. The number of anilines is 1. The van der Waals surface area contributed by atoms with Gasteiger partial charge in [0.2, 0.25) is 5.60 Å². The van der Waals surface area contributed by atoms with Crippen molar-refractivity contribution in [3.05, 3.63) is 60.3 Å². The lowest BCUT2D eigenvalue weighted by Gasteiger charge is -2.13. The van der Waals surface area contributed by atoms with Crippen molar-refractivity contribution >= 4 is 22.5 Å². The molecule has 5 nitrogen and oxygen atoms in total. The van der Waals surface area contributed by atoms with Gasteiger partial charge in [0.15, 0.2) is 0 Å². The number of aromatic nitrogens is 1. The number of fused-ring (bicyclic) bond motifs is 1. The van der Waals surface area contributed by atoms with Gasteiger partial charge in [-0.05, 0) is 40.8 Å². The summed E-state index contributed by atoms with van der Waals surface area (Å²) in [6, 6.07) is 15.7. The lowest BCUT2D eigenvalue weighted by molar-refractivity contribution is -0.137. The van der Waals surface area contributed by atoms with Crippen LogP contribution in [0.1, 0.15) is 12.0 Å². The molecule has 3 aromatic rings. The van der Waals surface area contributed by atoms with Crippen LogP contribution < -0.4 is 5.73 Å². The first-order valence-electron chi connectivity index (χ1n) is 8.72. The number of likely N-dealkylation sites (tertiary alicyclic amines) is 1. The van der Waals surface area contributed by atoms with Crippen LogP contribution in [0.4, 0.5) is 5.82 Å². The Balaban J connectivity index is 1.69. The van der Waals surface area contributed by atoms with Crippen molar-refractivity contribution in [2.45, 2.75) is 12.0 Å². The summed E-state index contributed by atoms with van der Waals surface area (Å²) in [6.45, 7) is 0.511. The maximum atomic E-state index is 12.0. The molecule has 0 aliphatic carbocycles. The van der Waals surface area contributed by atoms with Gasteiger partial charge in [0, 0.05) is 37.2 Å². The summed E-state index contributed by atoms with van der Waals surface area (Å²) in [6.07, 6.45) is 2.02. The summed E-state index contributed by atoms with van der Waals surface area (Å²) in [7, 11) is 1.67. The molecule has 1 amide bonds. The molecule has 1 atom stereocenters. The highest BCUT2D eigenvalue weighted by atomic mass is 16.3. The number of pyridine rings is 1. The van der Waals surface area contributed by atoms with E-state index in [1.165, 1.54) is 4.90 Å². The Morgan fingerprint density at radius 2 is 2.00 bits per heavy atom. The number of carbonyl (C=O) groups excluding carboxylic acids is 1. The third kappa shape index (κ3) is 3.12. The van der Waals surface area contributed by atoms with E-state index >= 15 is 0 Å². The van der Waals surface area contributed by atoms with E-state index in [1.54, 1.807) is 13.2 Å². The summed E-state index contributed by atoms with van der Waals surface area (Å²) in [5, 5.41) is 12.4. The van der Waals surface area contributed by atoms with E-state index in [2.05, 4.69) is 16.8 Å². The fourth-order valence-corrected chi connectivity index (χ4v) is 3.29. The topological polar surface area (TPSA) is 79.4 Å². The zero-order valence-electron chi connectivity index (χ0n) is 14.9. The molecule has 1 unspecified atom stereocenters. The number of nitrogens with two attached hydrogens (primary N) is 1. The molecule has 0 saturated carbocycles. The average molecular weight is 357 g/mol. The molecule has 1 fully saturated rings. The van der Waals surface area contributed by atoms with Crippen molar-refractivity contribution in [3.63, 3.8) is 0 Å². The number of benzene rings is 2. The molecule has 1 saturated heterocycles. The third-order valence-electron chi connectivity index (χ3n) is 4.92. The second kappa shape index (κ2) is 6.42. The highest BCUT2D eigenvalue weighted by molar-refractivity contribution is 5.94. The van der Waals surface area contributed by atoms with E-state index in [-0.39, 0.29) is 5.91 Å². The Morgan fingerprint density at radius 3 is 2.78 bits per heavy atom. The smallest absolute Gasteiger partial charge is 0.267 e. The Labute approximate surface area is 157 Å². The first-order valence-corrected chi connectivity index (χ1v) is 8.72. The maximum absolute atomic E-state index is 12.0. The van der Waals surface area contributed by atoms with Crippen LogP contribution in [0.25, 0.3) is 21.9 Å². The number of carbonyl (C=O) groups is 1. The molecule has 0 bridgehead atoms. The molecule has 4 rings (SSSR count). The normalized spacial score (nSPS) is 19.2. The van der Waals surface area contributed by atoms with Gasteiger partial charge >= 0.3 is 0 Å². The van der Waals surface area contributed by atoms with Crippen LogP contribution in [0, 0.1) is 11.8 Å². The maximum Gasteiger partial charge on any atom is 0.267 e. The van der Waals surface area contributed by atoms with E-state index in [4.69, 9.17) is 5.73 Å².